The molecule has 0 bridgehead atoms. The van der Waals surface area contributed by atoms with E-state index in [2.05, 4.69) is 4.98 Å². The number of rotatable bonds is 5. The van der Waals surface area contributed by atoms with Crippen LogP contribution in [-0.2, 0) is 16.1 Å². The summed E-state index contributed by atoms with van der Waals surface area (Å²) in [6, 6.07) is 11.1. The quantitative estimate of drug-likeness (QED) is 0.791. The Bertz CT molecular complexity index is 623. The van der Waals surface area contributed by atoms with Crippen LogP contribution in [0.3, 0.4) is 0 Å². The zero-order valence-electron chi connectivity index (χ0n) is 12.3. The van der Waals surface area contributed by atoms with Crippen LogP contribution in [0.2, 0.25) is 0 Å². The number of esters is 1. The average Bonchev–Trinajstić information content (AvgIpc) is 2.54. The van der Waals surface area contributed by atoms with E-state index >= 15 is 0 Å². The van der Waals surface area contributed by atoms with Gasteiger partial charge >= 0.3 is 5.97 Å². The number of carbonyl (C=O) groups excluding carboxylic acids is 1. The molecule has 0 amide bonds. The molecule has 0 saturated carbocycles. The minimum Gasteiger partial charge on any atom is -0.497 e. The van der Waals surface area contributed by atoms with Crippen LogP contribution in [0.1, 0.15) is 16.1 Å². The van der Waals surface area contributed by atoms with E-state index in [1.807, 2.05) is 24.3 Å². The summed E-state index contributed by atoms with van der Waals surface area (Å²) in [6.45, 7) is 0.555. The molecule has 0 unspecified atom stereocenters. The topological polar surface area (TPSA) is 57.7 Å². The lowest BCUT2D eigenvalue weighted by atomic mass is 10.1. The fraction of sp³-hybridized carbons (Fsp3) is 0.250. The van der Waals surface area contributed by atoms with Gasteiger partial charge in [-0.25, -0.2) is 9.78 Å². The third kappa shape index (κ3) is 3.58. The van der Waals surface area contributed by atoms with Crippen LogP contribution in [-0.4, -0.2) is 32.3 Å². The van der Waals surface area contributed by atoms with Crippen LogP contribution in [0.25, 0.3) is 11.3 Å². The van der Waals surface area contributed by atoms with Crippen LogP contribution in [0.15, 0.2) is 36.4 Å². The van der Waals surface area contributed by atoms with Crippen molar-refractivity contribution in [1.82, 2.24) is 4.98 Å². The van der Waals surface area contributed by atoms with Gasteiger partial charge in [-0.15, -0.1) is 0 Å². The van der Waals surface area contributed by atoms with E-state index in [4.69, 9.17) is 14.2 Å². The first-order valence-corrected chi connectivity index (χ1v) is 6.40. The third-order valence-electron chi connectivity index (χ3n) is 2.99. The third-order valence-corrected chi connectivity index (χ3v) is 2.99. The van der Waals surface area contributed by atoms with E-state index in [0.717, 1.165) is 11.1 Å². The maximum Gasteiger partial charge on any atom is 0.356 e. The number of ether oxygens (including phenoxy) is 3. The van der Waals surface area contributed by atoms with Gasteiger partial charge in [0.25, 0.3) is 0 Å². The summed E-state index contributed by atoms with van der Waals surface area (Å²) in [7, 11) is 4.52. The maximum atomic E-state index is 11.6. The first-order chi connectivity index (χ1) is 10.2. The van der Waals surface area contributed by atoms with E-state index in [9.17, 15) is 4.79 Å². The van der Waals surface area contributed by atoms with Gasteiger partial charge in [-0.2, -0.15) is 0 Å². The van der Waals surface area contributed by atoms with E-state index < -0.39 is 5.97 Å². The molecule has 110 valence electrons. The Morgan fingerprint density at radius 2 is 1.81 bits per heavy atom. The Balaban J connectivity index is 2.39. The summed E-state index contributed by atoms with van der Waals surface area (Å²) in [5.41, 5.74) is 2.82. The van der Waals surface area contributed by atoms with Gasteiger partial charge in [0.1, 0.15) is 5.75 Å². The van der Waals surface area contributed by atoms with Crippen molar-refractivity contribution in [2.45, 2.75) is 6.61 Å². The molecular formula is C16H17NO4. The van der Waals surface area contributed by atoms with Crippen molar-refractivity contribution in [2.75, 3.05) is 21.3 Å². The van der Waals surface area contributed by atoms with E-state index in [0.29, 0.717) is 18.1 Å². The molecule has 0 N–H and O–H groups in total. The zero-order chi connectivity index (χ0) is 15.2. The number of hydrogen-bond donors (Lipinski definition) is 0. The number of benzene rings is 1. The van der Waals surface area contributed by atoms with Gasteiger partial charge in [0.2, 0.25) is 0 Å². The molecule has 0 radical (unpaired) electrons. The Kier molecular flexibility index (Phi) is 4.90. The number of nitrogens with zero attached hydrogens (tertiary/aromatic N) is 1. The summed E-state index contributed by atoms with van der Waals surface area (Å²) < 4.78 is 15.0. The highest BCUT2D eigenvalue weighted by Gasteiger charge is 2.12. The van der Waals surface area contributed by atoms with Crippen molar-refractivity contribution in [1.29, 1.82) is 0 Å². The standard InChI is InChI=1S/C16H17NO4/c1-19-10-11-4-6-12(7-5-11)14-8-13(20-2)9-15(17-14)16(18)21-3/h4-9H,10H2,1-3H3. The Hall–Kier alpha value is -2.40. The van der Waals surface area contributed by atoms with Gasteiger partial charge in [-0.05, 0) is 5.56 Å². The highest BCUT2D eigenvalue weighted by molar-refractivity contribution is 5.88. The fourth-order valence-corrected chi connectivity index (χ4v) is 1.92. The number of aromatic nitrogens is 1. The van der Waals surface area contributed by atoms with Crippen molar-refractivity contribution in [3.63, 3.8) is 0 Å². The average molecular weight is 287 g/mol. The highest BCUT2D eigenvalue weighted by atomic mass is 16.5. The fourth-order valence-electron chi connectivity index (χ4n) is 1.92. The van der Waals surface area contributed by atoms with Crippen LogP contribution in [0.5, 0.6) is 5.75 Å². The van der Waals surface area contributed by atoms with Crippen molar-refractivity contribution >= 4 is 5.97 Å². The molecule has 1 aromatic heterocycles. The van der Waals surface area contributed by atoms with Gasteiger partial charge in [0.15, 0.2) is 5.69 Å². The monoisotopic (exact) mass is 287 g/mol. The molecule has 0 aliphatic heterocycles. The molecule has 21 heavy (non-hydrogen) atoms. The second-order valence-corrected chi connectivity index (χ2v) is 4.40. The van der Waals surface area contributed by atoms with E-state index in [1.54, 1.807) is 26.4 Å². The molecule has 0 aliphatic carbocycles. The molecule has 0 atom stereocenters. The normalized spacial score (nSPS) is 10.2. The first-order valence-electron chi connectivity index (χ1n) is 6.40. The molecule has 0 spiro atoms. The summed E-state index contributed by atoms with van der Waals surface area (Å²) in [6.07, 6.45) is 0. The molecule has 2 aromatic rings. The lowest BCUT2D eigenvalue weighted by Crippen LogP contribution is -2.05. The molecule has 1 aromatic carbocycles. The van der Waals surface area contributed by atoms with Crippen molar-refractivity contribution in [2.24, 2.45) is 0 Å². The molecule has 1 heterocycles. The summed E-state index contributed by atoms with van der Waals surface area (Å²) in [4.78, 5) is 16.0. The minimum absolute atomic E-state index is 0.216. The van der Waals surface area contributed by atoms with Gasteiger partial charge in [0.05, 0.1) is 26.5 Å². The predicted molar refractivity (Wildman–Crippen MR) is 78.3 cm³/mol. The molecule has 0 aliphatic rings. The number of methoxy groups -OCH3 is 3. The molecule has 2 rings (SSSR count). The second kappa shape index (κ2) is 6.85. The predicted octanol–water partition coefficient (Wildman–Crippen LogP) is 2.69. The van der Waals surface area contributed by atoms with Crippen LogP contribution in [0, 0.1) is 0 Å². The SMILES string of the molecule is COCc1ccc(-c2cc(OC)cc(C(=O)OC)n2)cc1. The Morgan fingerprint density at radius 3 is 2.38 bits per heavy atom. The first kappa shape index (κ1) is 15.0. The minimum atomic E-state index is -0.494. The number of pyridine rings is 1. The molecule has 5 nitrogen and oxygen atoms in total. The number of hydrogen-bond acceptors (Lipinski definition) is 5. The van der Waals surface area contributed by atoms with Crippen molar-refractivity contribution in [3.8, 4) is 17.0 Å². The van der Waals surface area contributed by atoms with Gasteiger partial charge in [-0.3, -0.25) is 0 Å². The second-order valence-electron chi connectivity index (χ2n) is 4.40. The zero-order valence-corrected chi connectivity index (χ0v) is 12.3. The summed E-state index contributed by atoms with van der Waals surface area (Å²) in [5, 5.41) is 0. The van der Waals surface area contributed by atoms with Crippen molar-refractivity contribution < 1.29 is 19.0 Å². The smallest absolute Gasteiger partial charge is 0.356 e. The largest absolute Gasteiger partial charge is 0.497 e. The molecule has 0 saturated heterocycles. The lowest BCUT2D eigenvalue weighted by molar-refractivity contribution is 0.0593. The Morgan fingerprint density at radius 1 is 1.10 bits per heavy atom. The van der Waals surface area contributed by atoms with Gasteiger partial charge in [-0.1, -0.05) is 24.3 Å². The highest BCUT2D eigenvalue weighted by Crippen LogP contribution is 2.24. The number of carbonyl (C=O) groups is 1. The van der Waals surface area contributed by atoms with Crippen LogP contribution in [0.4, 0.5) is 0 Å². The molecule has 0 fully saturated rings. The Labute approximate surface area is 123 Å². The van der Waals surface area contributed by atoms with E-state index in [-0.39, 0.29) is 5.69 Å². The van der Waals surface area contributed by atoms with E-state index in [1.165, 1.54) is 7.11 Å². The van der Waals surface area contributed by atoms with Gasteiger partial charge < -0.3 is 14.2 Å². The molecule has 5 heteroatoms. The summed E-state index contributed by atoms with van der Waals surface area (Å²) >= 11 is 0. The van der Waals surface area contributed by atoms with Crippen molar-refractivity contribution in [3.05, 3.63) is 47.7 Å². The maximum absolute atomic E-state index is 11.6. The molecular weight excluding hydrogens is 270 g/mol. The van der Waals surface area contributed by atoms with Crippen LogP contribution >= 0.6 is 0 Å². The summed E-state index contributed by atoms with van der Waals surface area (Å²) in [5.74, 6) is 0.0625. The van der Waals surface area contributed by atoms with Crippen LogP contribution < -0.4 is 4.74 Å². The lowest BCUT2D eigenvalue weighted by Gasteiger charge is -2.08. The van der Waals surface area contributed by atoms with Gasteiger partial charge in [0, 0.05) is 24.8 Å².